The van der Waals surface area contributed by atoms with E-state index in [2.05, 4.69) is 34.1 Å². The number of hydrogen-bond donors (Lipinski definition) is 0. The summed E-state index contributed by atoms with van der Waals surface area (Å²) < 4.78 is 0. The SMILES string of the molecule is CCCN(c1ccncc1)N1CCCCC1. The lowest BCUT2D eigenvalue weighted by atomic mass is 10.1. The molecule has 0 spiro atoms. The van der Waals surface area contributed by atoms with Gasteiger partial charge in [0.25, 0.3) is 0 Å². The van der Waals surface area contributed by atoms with Crippen molar-refractivity contribution in [3.8, 4) is 0 Å². The molecule has 2 heterocycles. The van der Waals surface area contributed by atoms with E-state index in [1.54, 1.807) is 0 Å². The van der Waals surface area contributed by atoms with Gasteiger partial charge in [-0.3, -0.25) is 4.98 Å². The average Bonchev–Trinajstić information content (AvgIpc) is 2.38. The normalized spacial score (nSPS) is 17.3. The maximum Gasteiger partial charge on any atom is 0.0552 e. The molecule has 2 rings (SSSR count). The van der Waals surface area contributed by atoms with Crippen molar-refractivity contribution in [2.24, 2.45) is 0 Å². The smallest absolute Gasteiger partial charge is 0.0552 e. The van der Waals surface area contributed by atoms with Gasteiger partial charge in [-0.05, 0) is 31.4 Å². The first-order valence-corrected chi connectivity index (χ1v) is 6.34. The van der Waals surface area contributed by atoms with Crippen molar-refractivity contribution in [2.45, 2.75) is 32.6 Å². The minimum absolute atomic E-state index is 1.10. The van der Waals surface area contributed by atoms with Crippen LogP contribution < -0.4 is 5.01 Å². The molecule has 16 heavy (non-hydrogen) atoms. The number of pyridine rings is 1. The molecule has 1 saturated heterocycles. The number of nitrogens with zero attached hydrogens (tertiary/aromatic N) is 3. The summed E-state index contributed by atoms with van der Waals surface area (Å²) in [6.07, 6.45) is 8.96. The van der Waals surface area contributed by atoms with E-state index in [0.29, 0.717) is 0 Å². The van der Waals surface area contributed by atoms with Crippen molar-refractivity contribution in [1.82, 2.24) is 9.99 Å². The highest BCUT2D eigenvalue weighted by atomic mass is 15.6. The Morgan fingerprint density at radius 1 is 1.19 bits per heavy atom. The highest BCUT2D eigenvalue weighted by Crippen LogP contribution is 2.19. The Labute approximate surface area is 98.1 Å². The van der Waals surface area contributed by atoms with Crippen molar-refractivity contribution >= 4 is 5.69 Å². The summed E-state index contributed by atoms with van der Waals surface area (Å²) >= 11 is 0. The van der Waals surface area contributed by atoms with Gasteiger partial charge < -0.3 is 5.01 Å². The highest BCUT2D eigenvalue weighted by Gasteiger charge is 2.17. The van der Waals surface area contributed by atoms with Gasteiger partial charge in [0.15, 0.2) is 0 Å². The van der Waals surface area contributed by atoms with Crippen LogP contribution in [-0.2, 0) is 0 Å². The summed E-state index contributed by atoms with van der Waals surface area (Å²) in [5.41, 5.74) is 1.28. The van der Waals surface area contributed by atoms with Gasteiger partial charge in [0, 0.05) is 32.0 Å². The van der Waals surface area contributed by atoms with Crippen LogP contribution in [0.25, 0.3) is 0 Å². The topological polar surface area (TPSA) is 19.4 Å². The van der Waals surface area contributed by atoms with Gasteiger partial charge in [-0.1, -0.05) is 13.3 Å². The fraction of sp³-hybridized carbons (Fsp3) is 0.615. The third kappa shape index (κ3) is 2.73. The number of aromatic nitrogens is 1. The van der Waals surface area contributed by atoms with Gasteiger partial charge in [0.2, 0.25) is 0 Å². The molecule has 0 amide bonds. The maximum atomic E-state index is 4.09. The Balaban J connectivity index is 2.09. The first-order valence-electron chi connectivity index (χ1n) is 6.34. The third-order valence-electron chi connectivity index (χ3n) is 3.07. The van der Waals surface area contributed by atoms with E-state index >= 15 is 0 Å². The second-order valence-corrected chi connectivity index (χ2v) is 4.34. The van der Waals surface area contributed by atoms with Crippen molar-refractivity contribution in [2.75, 3.05) is 24.6 Å². The van der Waals surface area contributed by atoms with Crippen molar-refractivity contribution in [1.29, 1.82) is 0 Å². The zero-order valence-corrected chi connectivity index (χ0v) is 10.1. The zero-order valence-electron chi connectivity index (χ0n) is 10.1. The molecule has 0 saturated carbocycles. The molecule has 0 N–H and O–H groups in total. The van der Waals surface area contributed by atoms with Crippen molar-refractivity contribution in [3.05, 3.63) is 24.5 Å². The van der Waals surface area contributed by atoms with Gasteiger partial charge in [-0.15, -0.1) is 0 Å². The van der Waals surface area contributed by atoms with Crippen molar-refractivity contribution < 1.29 is 0 Å². The average molecular weight is 219 g/mol. The van der Waals surface area contributed by atoms with E-state index in [4.69, 9.17) is 0 Å². The van der Waals surface area contributed by atoms with E-state index in [1.165, 1.54) is 44.5 Å². The molecule has 0 radical (unpaired) electrons. The lowest BCUT2D eigenvalue weighted by molar-refractivity contribution is 0.207. The van der Waals surface area contributed by atoms with Crippen LogP contribution in [0.4, 0.5) is 5.69 Å². The van der Waals surface area contributed by atoms with Crippen LogP contribution >= 0.6 is 0 Å². The molecule has 1 fully saturated rings. The van der Waals surface area contributed by atoms with Crippen LogP contribution in [-0.4, -0.2) is 29.6 Å². The number of hydrogen-bond acceptors (Lipinski definition) is 3. The predicted octanol–water partition coefficient (Wildman–Crippen LogP) is 2.70. The lowest BCUT2D eigenvalue weighted by Crippen LogP contribution is -2.46. The van der Waals surface area contributed by atoms with Crippen molar-refractivity contribution in [3.63, 3.8) is 0 Å². The Hall–Kier alpha value is -1.09. The summed E-state index contributed by atoms with van der Waals surface area (Å²) in [6, 6.07) is 4.20. The molecule has 3 heteroatoms. The third-order valence-corrected chi connectivity index (χ3v) is 3.07. The monoisotopic (exact) mass is 219 g/mol. The van der Waals surface area contributed by atoms with Crippen LogP contribution in [0, 0.1) is 0 Å². The van der Waals surface area contributed by atoms with E-state index in [0.717, 1.165) is 6.54 Å². The second-order valence-electron chi connectivity index (χ2n) is 4.34. The lowest BCUT2D eigenvalue weighted by Gasteiger charge is -2.38. The van der Waals surface area contributed by atoms with E-state index < -0.39 is 0 Å². The first kappa shape index (κ1) is 11.4. The Bertz CT molecular complexity index is 293. The van der Waals surface area contributed by atoms with Gasteiger partial charge >= 0.3 is 0 Å². The van der Waals surface area contributed by atoms with Gasteiger partial charge in [0.05, 0.1) is 5.69 Å². The molecule has 1 aromatic heterocycles. The maximum absolute atomic E-state index is 4.09. The second kappa shape index (κ2) is 5.85. The quantitative estimate of drug-likeness (QED) is 0.776. The fourth-order valence-corrected chi connectivity index (χ4v) is 2.28. The van der Waals surface area contributed by atoms with Gasteiger partial charge in [-0.25, -0.2) is 5.01 Å². The zero-order chi connectivity index (χ0) is 11.2. The van der Waals surface area contributed by atoms with Crippen LogP contribution in [0.1, 0.15) is 32.6 Å². The number of rotatable bonds is 4. The molecule has 1 aromatic rings. The van der Waals surface area contributed by atoms with Crippen LogP contribution in [0.2, 0.25) is 0 Å². The fourth-order valence-electron chi connectivity index (χ4n) is 2.28. The summed E-state index contributed by atoms with van der Waals surface area (Å²) in [5.74, 6) is 0. The Morgan fingerprint density at radius 3 is 2.50 bits per heavy atom. The predicted molar refractivity (Wildman–Crippen MR) is 67.3 cm³/mol. The molecule has 0 atom stereocenters. The Kier molecular flexibility index (Phi) is 4.17. The molecule has 88 valence electrons. The minimum atomic E-state index is 1.10. The number of anilines is 1. The summed E-state index contributed by atoms with van der Waals surface area (Å²) in [6.45, 7) is 5.73. The summed E-state index contributed by atoms with van der Waals surface area (Å²) in [7, 11) is 0. The van der Waals surface area contributed by atoms with Gasteiger partial charge in [-0.2, -0.15) is 0 Å². The van der Waals surface area contributed by atoms with E-state index in [1.807, 2.05) is 12.4 Å². The number of hydrazine groups is 1. The molecular weight excluding hydrogens is 198 g/mol. The number of piperidine rings is 1. The van der Waals surface area contributed by atoms with Gasteiger partial charge in [0.1, 0.15) is 0 Å². The molecule has 0 aliphatic carbocycles. The molecule has 3 nitrogen and oxygen atoms in total. The molecular formula is C13H21N3. The standard InChI is InChI=1S/C13H21N3/c1-2-10-16(13-6-8-14-9-7-13)15-11-4-3-5-12-15/h6-9H,2-5,10-12H2,1H3. The summed E-state index contributed by atoms with van der Waals surface area (Å²) in [4.78, 5) is 4.09. The van der Waals surface area contributed by atoms with E-state index in [-0.39, 0.29) is 0 Å². The summed E-state index contributed by atoms with van der Waals surface area (Å²) in [5, 5.41) is 4.91. The minimum Gasteiger partial charge on any atom is -0.306 e. The van der Waals surface area contributed by atoms with Crippen LogP contribution in [0.5, 0.6) is 0 Å². The van der Waals surface area contributed by atoms with Crippen LogP contribution in [0.15, 0.2) is 24.5 Å². The molecule has 0 unspecified atom stereocenters. The first-order chi connectivity index (χ1) is 7.92. The molecule has 0 bridgehead atoms. The van der Waals surface area contributed by atoms with Crippen LogP contribution in [0.3, 0.4) is 0 Å². The molecule has 1 aliphatic rings. The van der Waals surface area contributed by atoms with E-state index in [9.17, 15) is 0 Å². The molecule has 1 aliphatic heterocycles. The Morgan fingerprint density at radius 2 is 1.88 bits per heavy atom. The molecule has 0 aromatic carbocycles. The highest BCUT2D eigenvalue weighted by molar-refractivity contribution is 5.43. The largest absolute Gasteiger partial charge is 0.306 e.